The first-order valence-electron chi connectivity index (χ1n) is 6.15. The molecule has 0 spiro atoms. The molecule has 0 amide bonds. The molecule has 0 saturated carbocycles. The molecule has 21 heavy (non-hydrogen) atoms. The van der Waals surface area contributed by atoms with E-state index in [-0.39, 0.29) is 11.6 Å². The van der Waals surface area contributed by atoms with Gasteiger partial charge in [-0.15, -0.1) is 0 Å². The van der Waals surface area contributed by atoms with Crippen molar-refractivity contribution in [3.63, 3.8) is 0 Å². The average molecular weight is 303 g/mol. The molecule has 5 nitrogen and oxygen atoms in total. The number of rotatable bonds is 3. The number of halogens is 1. The van der Waals surface area contributed by atoms with E-state index < -0.39 is 0 Å². The quantitative estimate of drug-likeness (QED) is 0.797. The minimum atomic E-state index is 0.0228. The first-order valence-corrected chi connectivity index (χ1v) is 6.53. The smallest absolute Gasteiger partial charge is 0.262 e. The highest BCUT2D eigenvalue weighted by Crippen LogP contribution is 2.33. The molecule has 6 heteroatoms. The zero-order chi connectivity index (χ0) is 14.8. The van der Waals surface area contributed by atoms with E-state index in [1.54, 1.807) is 19.2 Å². The van der Waals surface area contributed by atoms with Crippen molar-refractivity contribution in [2.24, 2.45) is 0 Å². The van der Waals surface area contributed by atoms with Crippen LogP contribution in [-0.2, 0) is 0 Å². The highest BCUT2D eigenvalue weighted by Gasteiger charge is 2.16. The normalized spacial score (nSPS) is 10.6. The molecule has 0 saturated heterocycles. The van der Waals surface area contributed by atoms with Gasteiger partial charge in [-0.3, -0.25) is 0 Å². The van der Waals surface area contributed by atoms with Crippen molar-refractivity contribution < 1.29 is 14.4 Å². The van der Waals surface area contributed by atoms with Gasteiger partial charge < -0.3 is 14.4 Å². The van der Waals surface area contributed by atoms with Crippen LogP contribution >= 0.6 is 11.6 Å². The van der Waals surface area contributed by atoms with E-state index in [1.807, 2.05) is 24.3 Å². The lowest BCUT2D eigenvalue weighted by Crippen LogP contribution is -1.88. The maximum Gasteiger partial charge on any atom is 0.262 e. The Labute approximate surface area is 125 Å². The summed E-state index contributed by atoms with van der Waals surface area (Å²) in [5, 5.41) is 14.3. The molecule has 106 valence electrons. The first kappa shape index (κ1) is 13.5. The minimum absolute atomic E-state index is 0.0228. The van der Waals surface area contributed by atoms with Gasteiger partial charge in [0.25, 0.3) is 5.89 Å². The molecule has 0 unspecified atom stereocenters. The number of phenolic OH excluding ortho intramolecular Hbond substituents is 1. The predicted molar refractivity (Wildman–Crippen MR) is 78.4 cm³/mol. The second-order valence-corrected chi connectivity index (χ2v) is 4.72. The predicted octanol–water partition coefficient (Wildman–Crippen LogP) is 3.77. The number of benzene rings is 2. The Morgan fingerprint density at radius 2 is 1.95 bits per heavy atom. The maximum atomic E-state index is 9.86. The number of aromatic nitrogens is 2. The third-order valence-electron chi connectivity index (χ3n) is 2.96. The van der Waals surface area contributed by atoms with E-state index in [0.29, 0.717) is 27.7 Å². The summed E-state index contributed by atoms with van der Waals surface area (Å²) in [5.74, 6) is 1.23. The number of hydrogen-bond acceptors (Lipinski definition) is 5. The molecule has 0 aliphatic carbocycles. The van der Waals surface area contributed by atoms with E-state index in [1.165, 1.54) is 6.07 Å². The van der Waals surface area contributed by atoms with Gasteiger partial charge in [-0.1, -0.05) is 28.9 Å². The molecular weight excluding hydrogens is 292 g/mol. The summed E-state index contributed by atoms with van der Waals surface area (Å²) in [6, 6.07) is 12.0. The number of hydrogen-bond donors (Lipinski definition) is 1. The van der Waals surface area contributed by atoms with Gasteiger partial charge in [-0.05, 0) is 30.3 Å². The SMILES string of the molecule is COc1ccccc1-c1noc(-c2cc(Cl)ccc2O)n1. The van der Waals surface area contributed by atoms with Crippen LogP contribution in [0.1, 0.15) is 0 Å². The summed E-state index contributed by atoms with van der Waals surface area (Å²) in [7, 11) is 1.57. The van der Waals surface area contributed by atoms with Crippen LogP contribution < -0.4 is 4.74 Å². The number of methoxy groups -OCH3 is 1. The van der Waals surface area contributed by atoms with Crippen LogP contribution in [0.5, 0.6) is 11.5 Å². The Bertz CT molecular complexity index is 786. The second kappa shape index (κ2) is 5.46. The second-order valence-electron chi connectivity index (χ2n) is 4.28. The zero-order valence-electron chi connectivity index (χ0n) is 11.1. The first-order chi connectivity index (χ1) is 10.2. The van der Waals surface area contributed by atoms with E-state index in [9.17, 15) is 5.11 Å². The van der Waals surface area contributed by atoms with Gasteiger partial charge in [0.2, 0.25) is 5.82 Å². The molecule has 3 rings (SSSR count). The van der Waals surface area contributed by atoms with Crippen molar-refractivity contribution in [1.29, 1.82) is 0 Å². The molecule has 0 atom stereocenters. The van der Waals surface area contributed by atoms with E-state index in [2.05, 4.69) is 10.1 Å². The molecule has 0 fully saturated rings. The number of phenols is 1. The minimum Gasteiger partial charge on any atom is -0.507 e. The average Bonchev–Trinajstić information content (AvgIpc) is 2.99. The number of ether oxygens (including phenoxy) is 1. The molecule has 0 aliphatic heterocycles. The standard InChI is InChI=1S/C15H11ClN2O3/c1-20-13-5-3-2-4-10(13)14-17-15(21-18-14)11-8-9(16)6-7-12(11)19/h2-8,19H,1H3. The van der Waals surface area contributed by atoms with Gasteiger partial charge in [0.05, 0.1) is 18.2 Å². The molecule has 0 bridgehead atoms. The van der Waals surface area contributed by atoms with E-state index in [4.69, 9.17) is 20.9 Å². The summed E-state index contributed by atoms with van der Waals surface area (Å²) in [6.45, 7) is 0. The van der Waals surface area contributed by atoms with Gasteiger partial charge in [-0.2, -0.15) is 4.98 Å². The summed E-state index contributed by atoms with van der Waals surface area (Å²) in [4.78, 5) is 4.28. The molecule has 1 heterocycles. The Morgan fingerprint density at radius 3 is 2.76 bits per heavy atom. The molecular formula is C15H11ClN2O3. The lowest BCUT2D eigenvalue weighted by molar-refractivity contribution is 0.413. The highest BCUT2D eigenvalue weighted by molar-refractivity contribution is 6.30. The zero-order valence-corrected chi connectivity index (χ0v) is 11.8. The van der Waals surface area contributed by atoms with Crippen molar-refractivity contribution >= 4 is 11.6 Å². The van der Waals surface area contributed by atoms with Gasteiger partial charge in [0, 0.05) is 5.02 Å². The fourth-order valence-corrected chi connectivity index (χ4v) is 2.12. The third-order valence-corrected chi connectivity index (χ3v) is 3.20. The van der Waals surface area contributed by atoms with Crippen molar-refractivity contribution in [3.05, 3.63) is 47.5 Å². The fourth-order valence-electron chi connectivity index (χ4n) is 1.95. The third kappa shape index (κ3) is 2.55. The Hall–Kier alpha value is -2.53. The van der Waals surface area contributed by atoms with Gasteiger partial charge in [0.15, 0.2) is 0 Å². The van der Waals surface area contributed by atoms with Crippen molar-refractivity contribution in [2.75, 3.05) is 7.11 Å². The van der Waals surface area contributed by atoms with E-state index in [0.717, 1.165) is 0 Å². The summed E-state index contributed by atoms with van der Waals surface area (Å²) < 4.78 is 10.5. The topological polar surface area (TPSA) is 68.4 Å². The van der Waals surface area contributed by atoms with Crippen molar-refractivity contribution in [2.45, 2.75) is 0 Å². The molecule has 1 N–H and O–H groups in total. The highest BCUT2D eigenvalue weighted by atomic mass is 35.5. The summed E-state index contributed by atoms with van der Waals surface area (Å²) in [6.07, 6.45) is 0. The van der Waals surface area contributed by atoms with Gasteiger partial charge in [0.1, 0.15) is 11.5 Å². The fraction of sp³-hybridized carbons (Fsp3) is 0.0667. The summed E-state index contributed by atoms with van der Waals surface area (Å²) >= 11 is 5.92. The van der Waals surface area contributed by atoms with Crippen LogP contribution in [0.3, 0.4) is 0 Å². The Balaban J connectivity index is 2.06. The van der Waals surface area contributed by atoms with Crippen LogP contribution in [0.4, 0.5) is 0 Å². The number of para-hydroxylation sites is 1. The lowest BCUT2D eigenvalue weighted by Gasteiger charge is -2.03. The number of nitrogens with zero attached hydrogens (tertiary/aromatic N) is 2. The monoisotopic (exact) mass is 302 g/mol. The van der Waals surface area contributed by atoms with Crippen molar-refractivity contribution in [1.82, 2.24) is 10.1 Å². The Morgan fingerprint density at radius 1 is 1.14 bits per heavy atom. The van der Waals surface area contributed by atoms with Crippen LogP contribution in [0, 0.1) is 0 Å². The molecule has 3 aromatic rings. The summed E-state index contributed by atoms with van der Waals surface area (Å²) in [5.41, 5.74) is 1.09. The lowest BCUT2D eigenvalue weighted by atomic mass is 10.2. The largest absolute Gasteiger partial charge is 0.507 e. The van der Waals surface area contributed by atoms with Crippen LogP contribution in [0.15, 0.2) is 47.0 Å². The van der Waals surface area contributed by atoms with Crippen molar-refractivity contribution in [3.8, 4) is 34.3 Å². The number of aromatic hydroxyl groups is 1. The van der Waals surface area contributed by atoms with E-state index >= 15 is 0 Å². The van der Waals surface area contributed by atoms with Gasteiger partial charge >= 0.3 is 0 Å². The Kier molecular flexibility index (Phi) is 3.50. The molecule has 2 aromatic carbocycles. The molecule has 1 aromatic heterocycles. The maximum absolute atomic E-state index is 9.86. The molecule has 0 aliphatic rings. The van der Waals surface area contributed by atoms with Crippen LogP contribution in [0.25, 0.3) is 22.8 Å². The van der Waals surface area contributed by atoms with Crippen LogP contribution in [-0.4, -0.2) is 22.4 Å². The van der Waals surface area contributed by atoms with Crippen LogP contribution in [0.2, 0.25) is 5.02 Å². The van der Waals surface area contributed by atoms with Gasteiger partial charge in [-0.25, -0.2) is 0 Å². The molecule has 0 radical (unpaired) electrons.